The number of nitrogens with zero attached hydrogens (tertiary/aromatic N) is 2. The van der Waals surface area contributed by atoms with Crippen LogP contribution in [0.2, 0.25) is 4.34 Å². The molecule has 27 heavy (non-hydrogen) atoms. The molecule has 3 aromatic rings. The first-order valence-electron chi connectivity index (χ1n) is 8.75. The molecule has 0 aliphatic heterocycles. The number of hydrogen-bond donors (Lipinski definition) is 1. The Labute approximate surface area is 167 Å². The Morgan fingerprint density at radius 3 is 2.56 bits per heavy atom. The van der Waals surface area contributed by atoms with E-state index in [1.54, 1.807) is 17.0 Å². The van der Waals surface area contributed by atoms with Gasteiger partial charge in [-0.3, -0.25) is 9.59 Å². The third kappa shape index (κ3) is 4.28. The second-order valence-corrected chi connectivity index (χ2v) is 7.64. The van der Waals surface area contributed by atoms with Crippen molar-refractivity contribution in [1.82, 2.24) is 15.2 Å². The van der Waals surface area contributed by atoms with Crippen LogP contribution in [0.1, 0.15) is 24.2 Å². The second kappa shape index (κ2) is 8.50. The number of likely N-dealkylation sites (N-methyl/N-ethyl adjacent to an activating group) is 1. The van der Waals surface area contributed by atoms with Crippen LogP contribution in [0.15, 0.2) is 42.5 Å². The number of fused-ring (bicyclic) bond motifs is 1. The highest BCUT2D eigenvalue weighted by Gasteiger charge is 2.17. The Morgan fingerprint density at radius 1 is 1.15 bits per heavy atom. The summed E-state index contributed by atoms with van der Waals surface area (Å²) in [6.45, 7) is 5.03. The summed E-state index contributed by atoms with van der Waals surface area (Å²) in [4.78, 5) is 32.2. The van der Waals surface area contributed by atoms with E-state index in [0.29, 0.717) is 28.7 Å². The van der Waals surface area contributed by atoms with Gasteiger partial charge in [0.2, 0.25) is 5.91 Å². The fraction of sp³-hybridized carbons (Fsp3) is 0.250. The van der Waals surface area contributed by atoms with Crippen molar-refractivity contribution in [3.05, 3.63) is 52.4 Å². The van der Waals surface area contributed by atoms with Gasteiger partial charge in [0.15, 0.2) is 0 Å². The average molecular weight is 402 g/mol. The van der Waals surface area contributed by atoms with Crippen molar-refractivity contribution in [2.75, 3.05) is 19.6 Å². The van der Waals surface area contributed by atoms with Gasteiger partial charge in [-0.2, -0.15) is 0 Å². The number of para-hydroxylation sites is 1. The summed E-state index contributed by atoms with van der Waals surface area (Å²) in [6, 6.07) is 12.9. The van der Waals surface area contributed by atoms with E-state index in [0.717, 1.165) is 15.8 Å². The number of nitrogens with one attached hydrogen (secondary N) is 1. The highest BCUT2D eigenvalue weighted by Crippen LogP contribution is 2.32. The molecule has 7 heteroatoms. The molecule has 0 spiro atoms. The van der Waals surface area contributed by atoms with Crippen LogP contribution >= 0.6 is 22.9 Å². The minimum absolute atomic E-state index is 0.0304. The Hall–Kier alpha value is -2.44. The van der Waals surface area contributed by atoms with Crippen LogP contribution < -0.4 is 5.32 Å². The molecule has 0 saturated heterocycles. The molecule has 0 aliphatic carbocycles. The minimum Gasteiger partial charge on any atom is -0.343 e. The largest absolute Gasteiger partial charge is 0.343 e. The maximum Gasteiger partial charge on any atom is 0.252 e. The number of rotatable bonds is 6. The monoisotopic (exact) mass is 401 g/mol. The van der Waals surface area contributed by atoms with E-state index >= 15 is 0 Å². The first kappa shape index (κ1) is 19.3. The lowest BCUT2D eigenvalue weighted by Crippen LogP contribution is -2.40. The lowest BCUT2D eigenvalue weighted by atomic mass is 10.1. The van der Waals surface area contributed by atoms with Crippen LogP contribution in [0.3, 0.4) is 0 Å². The van der Waals surface area contributed by atoms with Gasteiger partial charge >= 0.3 is 0 Å². The number of aromatic nitrogens is 1. The molecule has 2 amide bonds. The van der Waals surface area contributed by atoms with Gasteiger partial charge in [0.1, 0.15) is 0 Å². The third-order valence-electron chi connectivity index (χ3n) is 4.30. The van der Waals surface area contributed by atoms with Crippen LogP contribution in [-0.4, -0.2) is 41.3 Å². The van der Waals surface area contributed by atoms with E-state index in [1.807, 2.05) is 44.2 Å². The zero-order chi connectivity index (χ0) is 19.4. The summed E-state index contributed by atoms with van der Waals surface area (Å²) in [5.74, 6) is -0.394. The normalized spacial score (nSPS) is 10.8. The molecule has 0 saturated carbocycles. The van der Waals surface area contributed by atoms with Gasteiger partial charge in [-0.25, -0.2) is 4.98 Å². The number of carbonyl (C=O) groups excluding carboxylic acids is 2. The number of thiophene rings is 1. The Kier molecular flexibility index (Phi) is 6.08. The zero-order valence-corrected chi connectivity index (χ0v) is 16.7. The number of amides is 2. The van der Waals surface area contributed by atoms with E-state index in [2.05, 4.69) is 10.3 Å². The fourth-order valence-electron chi connectivity index (χ4n) is 2.88. The van der Waals surface area contributed by atoms with Crippen molar-refractivity contribution in [3.63, 3.8) is 0 Å². The fourth-order valence-corrected chi connectivity index (χ4v) is 3.88. The van der Waals surface area contributed by atoms with Crippen LogP contribution in [-0.2, 0) is 4.79 Å². The van der Waals surface area contributed by atoms with Crippen molar-refractivity contribution in [2.45, 2.75) is 13.8 Å². The molecule has 0 unspecified atom stereocenters. The Bertz CT molecular complexity index is 982. The smallest absolute Gasteiger partial charge is 0.252 e. The molecule has 2 heterocycles. The van der Waals surface area contributed by atoms with Crippen LogP contribution in [0, 0.1) is 0 Å². The SMILES string of the molecule is CCN(CC)C(=O)CNC(=O)c1cc(-c2ccc(Cl)s2)nc2ccccc12. The molecule has 0 radical (unpaired) electrons. The van der Waals surface area contributed by atoms with Gasteiger partial charge in [-0.1, -0.05) is 29.8 Å². The third-order valence-corrected chi connectivity index (χ3v) is 5.56. The molecular weight excluding hydrogens is 382 g/mol. The first-order valence-corrected chi connectivity index (χ1v) is 9.94. The van der Waals surface area contributed by atoms with Gasteiger partial charge in [0.25, 0.3) is 5.91 Å². The van der Waals surface area contributed by atoms with E-state index in [4.69, 9.17) is 11.6 Å². The predicted molar refractivity (Wildman–Crippen MR) is 110 cm³/mol. The van der Waals surface area contributed by atoms with Gasteiger partial charge in [0, 0.05) is 18.5 Å². The molecule has 0 bridgehead atoms. The summed E-state index contributed by atoms with van der Waals surface area (Å²) in [7, 11) is 0. The molecule has 0 atom stereocenters. The minimum atomic E-state index is -0.294. The standard InChI is InChI=1S/C20H20ClN3O2S/c1-3-24(4-2)19(25)12-22-20(26)14-11-16(17-9-10-18(21)27-17)23-15-8-6-5-7-13(14)15/h5-11H,3-4,12H2,1-2H3,(H,22,26). The highest BCUT2D eigenvalue weighted by atomic mass is 35.5. The van der Waals surface area contributed by atoms with Crippen molar-refractivity contribution in [2.24, 2.45) is 0 Å². The van der Waals surface area contributed by atoms with Crippen molar-refractivity contribution < 1.29 is 9.59 Å². The maximum atomic E-state index is 12.8. The molecule has 2 aromatic heterocycles. The topological polar surface area (TPSA) is 62.3 Å². The quantitative estimate of drug-likeness (QED) is 0.672. The van der Waals surface area contributed by atoms with Crippen molar-refractivity contribution in [3.8, 4) is 10.6 Å². The van der Waals surface area contributed by atoms with Gasteiger partial charge in [-0.05, 0) is 38.1 Å². The van der Waals surface area contributed by atoms with Gasteiger partial charge in [-0.15, -0.1) is 11.3 Å². The maximum absolute atomic E-state index is 12.8. The molecule has 3 rings (SSSR count). The summed E-state index contributed by atoms with van der Waals surface area (Å²) in [5.41, 5.74) is 1.90. The Balaban J connectivity index is 1.92. The van der Waals surface area contributed by atoms with Crippen LogP contribution in [0.4, 0.5) is 0 Å². The number of carbonyl (C=O) groups is 2. The lowest BCUT2D eigenvalue weighted by molar-refractivity contribution is -0.129. The van der Waals surface area contributed by atoms with Gasteiger partial charge < -0.3 is 10.2 Å². The molecule has 140 valence electrons. The number of pyridine rings is 1. The van der Waals surface area contributed by atoms with E-state index in [-0.39, 0.29) is 18.4 Å². The molecule has 0 aliphatic rings. The summed E-state index contributed by atoms with van der Waals surface area (Å²) < 4.78 is 0.663. The summed E-state index contributed by atoms with van der Waals surface area (Å²) in [6.07, 6.45) is 0. The van der Waals surface area contributed by atoms with Crippen LogP contribution in [0.25, 0.3) is 21.5 Å². The molecule has 0 fully saturated rings. The predicted octanol–water partition coefficient (Wildman–Crippen LogP) is 4.21. The number of benzene rings is 1. The number of hydrogen-bond acceptors (Lipinski definition) is 4. The van der Waals surface area contributed by atoms with Crippen molar-refractivity contribution >= 4 is 45.7 Å². The summed E-state index contributed by atoms with van der Waals surface area (Å²) >= 11 is 7.45. The first-order chi connectivity index (χ1) is 13.0. The van der Waals surface area contributed by atoms with E-state index < -0.39 is 0 Å². The number of halogens is 1. The molecule has 1 N–H and O–H groups in total. The second-order valence-electron chi connectivity index (χ2n) is 5.92. The summed E-state index contributed by atoms with van der Waals surface area (Å²) in [5, 5.41) is 3.49. The Morgan fingerprint density at radius 2 is 1.89 bits per heavy atom. The van der Waals surface area contributed by atoms with Crippen LogP contribution in [0.5, 0.6) is 0 Å². The molecular formula is C20H20ClN3O2S. The molecule has 1 aromatic carbocycles. The van der Waals surface area contributed by atoms with E-state index in [1.165, 1.54) is 11.3 Å². The highest BCUT2D eigenvalue weighted by molar-refractivity contribution is 7.19. The zero-order valence-electron chi connectivity index (χ0n) is 15.2. The van der Waals surface area contributed by atoms with Crippen molar-refractivity contribution in [1.29, 1.82) is 0 Å². The van der Waals surface area contributed by atoms with E-state index in [9.17, 15) is 9.59 Å². The van der Waals surface area contributed by atoms with Gasteiger partial charge in [0.05, 0.1) is 32.5 Å². The molecule has 5 nitrogen and oxygen atoms in total. The average Bonchev–Trinajstić information content (AvgIpc) is 3.12. The lowest BCUT2D eigenvalue weighted by Gasteiger charge is -2.19.